The van der Waals surface area contributed by atoms with Crippen LogP contribution < -0.4 is 19.5 Å². The number of aromatic nitrogens is 3. The molecule has 37 heavy (non-hydrogen) atoms. The van der Waals surface area contributed by atoms with Crippen LogP contribution in [0.25, 0.3) is 21.7 Å². The van der Waals surface area contributed by atoms with E-state index < -0.39 is 15.8 Å². The highest BCUT2D eigenvalue weighted by Crippen LogP contribution is 2.42. The molecule has 2 heterocycles. The molecule has 0 radical (unpaired) electrons. The van der Waals surface area contributed by atoms with E-state index in [9.17, 15) is 8.42 Å². The van der Waals surface area contributed by atoms with E-state index in [0.717, 1.165) is 23.9 Å². The van der Waals surface area contributed by atoms with E-state index >= 15 is 4.39 Å². The highest BCUT2D eigenvalue weighted by molar-refractivity contribution is 7.92. The molecule has 0 atom stereocenters. The van der Waals surface area contributed by atoms with Crippen LogP contribution in [0.4, 0.5) is 21.7 Å². The lowest BCUT2D eigenvalue weighted by molar-refractivity contribution is 0.392. The third-order valence-corrected chi connectivity index (χ3v) is 7.65. The van der Waals surface area contributed by atoms with E-state index in [1.54, 1.807) is 18.2 Å². The van der Waals surface area contributed by atoms with Gasteiger partial charge in [0.2, 0.25) is 0 Å². The number of H-pyrrole nitrogens is 1. The van der Waals surface area contributed by atoms with Crippen LogP contribution in [0.5, 0.6) is 11.5 Å². The van der Waals surface area contributed by atoms with Crippen molar-refractivity contribution in [3.63, 3.8) is 0 Å². The van der Waals surface area contributed by atoms with Gasteiger partial charge in [0.15, 0.2) is 28.8 Å². The molecule has 0 saturated heterocycles. The van der Waals surface area contributed by atoms with Gasteiger partial charge in [0, 0.05) is 23.7 Å². The van der Waals surface area contributed by atoms with Crippen LogP contribution in [0.2, 0.25) is 0 Å². The number of aromatic amines is 1. The van der Waals surface area contributed by atoms with Crippen molar-refractivity contribution >= 4 is 49.1 Å². The highest BCUT2D eigenvalue weighted by atomic mass is 32.2. The van der Waals surface area contributed by atoms with Gasteiger partial charge in [-0.2, -0.15) is 5.10 Å². The van der Waals surface area contributed by atoms with E-state index in [1.165, 1.54) is 26.4 Å². The van der Waals surface area contributed by atoms with Gasteiger partial charge in [0.05, 0.1) is 19.9 Å². The quantitative estimate of drug-likeness (QED) is 0.250. The van der Waals surface area contributed by atoms with Crippen molar-refractivity contribution in [2.75, 3.05) is 24.3 Å². The Bertz CT molecular complexity index is 1760. The lowest BCUT2D eigenvalue weighted by Crippen LogP contribution is -2.14. The standard InChI is InChI=1S/C25H22FN5O5S/c1-34-18-9-14-5-3-4-6-15(14)10-20(18)37(32,33)31-25-22-19(36-30-25)11-17(23(26)24(22)35-2)27-21-12-16(28-29-21)13-7-8-13/h3-6,9-13H,7-8H2,1-2H3,(H,30,31)(H2,27,28,29). The first-order valence-electron chi connectivity index (χ1n) is 11.5. The summed E-state index contributed by atoms with van der Waals surface area (Å²) in [5, 5.41) is 15.5. The van der Waals surface area contributed by atoms with Crippen LogP contribution in [0.15, 0.2) is 57.9 Å². The summed E-state index contributed by atoms with van der Waals surface area (Å²) in [5.41, 5.74) is 1.14. The molecule has 3 aromatic carbocycles. The van der Waals surface area contributed by atoms with Crippen LogP contribution in [0.3, 0.4) is 0 Å². The van der Waals surface area contributed by atoms with Crippen molar-refractivity contribution in [2.24, 2.45) is 0 Å². The van der Waals surface area contributed by atoms with E-state index in [4.69, 9.17) is 14.0 Å². The number of fused-ring (bicyclic) bond motifs is 2. The van der Waals surface area contributed by atoms with Gasteiger partial charge >= 0.3 is 0 Å². The summed E-state index contributed by atoms with van der Waals surface area (Å²) in [5.74, 6) is -0.168. The summed E-state index contributed by atoms with van der Waals surface area (Å²) in [6.45, 7) is 0. The van der Waals surface area contributed by atoms with Gasteiger partial charge in [-0.05, 0) is 35.7 Å². The zero-order valence-corrected chi connectivity index (χ0v) is 20.6. The second-order valence-electron chi connectivity index (χ2n) is 8.74. The Morgan fingerprint density at radius 2 is 1.84 bits per heavy atom. The second kappa shape index (κ2) is 8.66. The lowest BCUT2D eigenvalue weighted by atomic mass is 10.1. The Morgan fingerprint density at radius 1 is 1.08 bits per heavy atom. The summed E-state index contributed by atoms with van der Waals surface area (Å²) in [7, 11) is -1.55. The highest BCUT2D eigenvalue weighted by Gasteiger charge is 2.28. The van der Waals surface area contributed by atoms with Crippen molar-refractivity contribution in [1.29, 1.82) is 0 Å². The Hall–Kier alpha value is -4.32. The number of ether oxygens (including phenoxy) is 2. The molecular formula is C25H22FN5O5S. The molecule has 1 aliphatic carbocycles. The molecule has 1 saturated carbocycles. The van der Waals surface area contributed by atoms with Gasteiger partial charge in [-0.3, -0.25) is 9.82 Å². The number of nitrogens with one attached hydrogen (secondary N) is 3. The average Bonchev–Trinajstić information content (AvgIpc) is 3.53. The van der Waals surface area contributed by atoms with E-state index in [2.05, 4.69) is 25.4 Å². The molecule has 10 nitrogen and oxygen atoms in total. The zero-order chi connectivity index (χ0) is 25.7. The molecule has 12 heteroatoms. The van der Waals surface area contributed by atoms with Gasteiger partial charge in [-0.1, -0.05) is 29.4 Å². The first kappa shape index (κ1) is 23.1. The molecular weight excluding hydrogens is 501 g/mol. The number of benzene rings is 3. The van der Waals surface area contributed by atoms with Gasteiger partial charge in [-0.25, -0.2) is 12.8 Å². The molecule has 6 rings (SSSR count). The number of hydrogen-bond acceptors (Lipinski definition) is 8. The van der Waals surface area contributed by atoms with Crippen molar-refractivity contribution in [3.05, 3.63) is 60.0 Å². The van der Waals surface area contributed by atoms with Crippen molar-refractivity contribution in [3.8, 4) is 11.5 Å². The molecule has 2 aromatic heterocycles. The summed E-state index contributed by atoms with van der Waals surface area (Å²) in [6.07, 6.45) is 2.19. The third-order valence-electron chi connectivity index (χ3n) is 6.29. The molecule has 190 valence electrons. The molecule has 0 aliphatic heterocycles. The lowest BCUT2D eigenvalue weighted by Gasteiger charge is -2.13. The molecule has 1 fully saturated rings. The van der Waals surface area contributed by atoms with Crippen molar-refractivity contribution < 1.29 is 26.8 Å². The molecule has 1 aliphatic rings. The summed E-state index contributed by atoms with van der Waals surface area (Å²) in [4.78, 5) is -0.104. The number of methoxy groups -OCH3 is 2. The third kappa shape index (κ3) is 4.08. The fourth-order valence-electron chi connectivity index (χ4n) is 4.29. The minimum Gasteiger partial charge on any atom is -0.495 e. The van der Waals surface area contributed by atoms with E-state index in [1.807, 2.05) is 18.2 Å². The Labute approximate surface area is 210 Å². The molecule has 5 aromatic rings. The molecule has 0 spiro atoms. The number of halogens is 1. The Morgan fingerprint density at radius 3 is 2.54 bits per heavy atom. The van der Waals surface area contributed by atoms with Crippen molar-refractivity contribution in [2.45, 2.75) is 23.7 Å². The van der Waals surface area contributed by atoms with Gasteiger partial charge in [0.25, 0.3) is 10.0 Å². The van der Waals surface area contributed by atoms with Crippen LogP contribution >= 0.6 is 0 Å². The number of rotatable bonds is 8. The van der Waals surface area contributed by atoms with Crippen molar-refractivity contribution in [1.82, 2.24) is 15.4 Å². The fourth-order valence-corrected chi connectivity index (χ4v) is 5.49. The van der Waals surface area contributed by atoms with Crippen LogP contribution in [-0.4, -0.2) is 38.0 Å². The number of nitrogens with zero attached hydrogens (tertiary/aromatic N) is 2. The largest absolute Gasteiger partial charge is 0.495 e. The normalized spacial score (nSPS) is 13.7. The monoisotopic (exact) mass is 523 g/mol. The van der Waals surface area contributed by atoms with Crippen LogP contribution in [0, 0.1) is 5.82 Å². The average molecular weight is 524 g/mol. The predicted molar refractivity (Wildman–Crippen MR) is 136 cm³/mol. The SMILES string of the molecule is COc1cc2ccccc2cc1S(=O)(=O)Nc1noc2cc(Nc3cc(C4CC4)[nH]n3)c(F)c(OC)c12. The molecule has 3 N–H and O–H groups in total. The Kier molecular flexibility index (Phi) is 5.41. The topological polar surface area (TPSA) is 131 Å². The summed E-state index contributed by atoms with van der Waals surface area (Å²) < 4.78 is 60.7. The molecule has 0 amide bonds. The number of hydrogen-bond donors (Lipinski definition) is 3. The van der Waals surface area contributed by atoms with E-state index in [-0.39, 0.29) is 38.9 Å². The van der Waals surface area contributed by atoms with Gasteiger partial charge in [-0.15, -0.1) is 0 Å². The minimum absolute atomic E-state index is 0.0366. The van der Waals surface area contributed by atoms with Crippen LogP contribution in [0.1, 0.15) is 24.5 Å². The molecule has 0 unspecified atom stereocenters. The number of anilines is 3. The first-order valence-corrected chi connectivity index (χ1v) is 12.9. The summed E-state index contributed by atoms with van der Waals surface area (Å²) >= 11 is 0. The van der Waals surface area contributed by atoms with Gasteiger partial charge in [0.1, 0.15) is 16.0 Å². The number of sulfonamides is 1. The van der Waals surface area contributed by atoms with Gasteiger partial charge < -0.3 is 19.3 Å². The van der Waals surface area contributed by atoms with E-state index in [0.29, 0.717) is 17.1 Å². The minimum atomic E-state index is -4.21. The smallest absolute Gasteiger partial charge is 0.266 e. The zero-order valence-electron chi connectivity index (χ0n) is 19.8. The van der Waals surface area contributed by atoms with Crippen LogP contribution in [-0.2, 0) is 10.0 Å². The second-order valence-corrected chi connectivity index (χ2v) is 10.4. The maximum Gasteiger partial charge on any atom is 0.266 e. The fraction of sp³-hybridized carbons (Fsp3) is 0.200. The Balaban J connectivity index is 1.38. The maximum absolute atomic E-state index is 15.5. The first-order chi connectivity index (χ1) is 17.9. The predicted octanol–water partition coefficient (Wildman–Crippen LogP) is 5.28. The summed E-state index contributed by atoms with van der Waals surface area (Å²) in [6, 6.07) is 13.6. The molecule has 0 bridgehead atoms. The maximum atomic E-state index is 15.5.